The Kier molecular flexibility index (Phi) is 4.76. The van der Waals surface area contributed by atoms with Crippen LogP contribution in [0.4, 0.5) is 4.39 Å². The number of benzene rings is 1. The molecule has 2 heterocycles. The standard InChI is InChI=1S/C17H25FN2O/c18-15-3-5-16(6-4-15)21-12-11-20-10-2-8-17(14-20)7-1-9-19-13-17/h3-6,19H,1-2,7-14H2. The van der Waals surface area contributed by atoms with Gasteiger partial charge in [-0.15, -0.1) is 0 Å². The van der Waals surface area contributed by atoms with Crippen molar-refractivity contribution in [1.82, 2.24) is 10.2 Å². The van der Waals surface area contributed by atoms with Crippen LogP contribution in [0.1, 0.15) is 25.7 Å². The lowest BCUT2D eigenvalue weighted by molar-refractivity contribution is 0.0563. The van der Waals surface area contributed by atoms with E-state index in [1.807, 2.05) is 0 Å². The highest BCUT2D eigenvalue weighted by atomic mass is 19.1. The average molecular weight is 292 g/mol. The number of nitrogens with one attached hydrogen (secondary N) is 1. The minimum atomic E-state index is -0.217. The Morgan fingerprint density at radius 3 is 2.76 bits per heavy atom. The predicted molar refractivity (Wildman–Crippen MR) is 82.1 cm³/mol. The maximum atomic E-state index is 12.8. The maximum absolute atomic E-state index is 12.8. The molecule has 1 aromatic rings. The van der Waals surface area contributed by atoms with Crippen LogP contribution in [0.25, 0.3) is 0 Å². The fourth-order valence-corrected chi connectivity index (χ4v) is 3.70. The summed E-state index contributed by atoms with van der Waals surface area (Å²) < 4.78 is 18.5. The van der Waals surface area contributed by atoms with Crippen LogP contribution in [0.2, 0.25) is 0 Å². The van der Waals surface area contributed by atoms with Crippen LogP contribution >= 0.6 is 0 Å². The van der Waals surface area contributed by atoms with Gasteiger partial charge in [0, 0.05) is 19.6 Å². The molecule has 1 atom stereocenters. The van der Waals surface area contributed by atoms with Gasteiger partial charge in [-0.05, 0) is 68.5 Å². The third kappa shape index (κ3) is 3.95. The van der Waals surface area contributed by atoms with Gasteiger partial charge in [0.15, 0.2) is 0 Å². The van der Waals surface area contributed by atoms with E-state index >= 15 is 0 Å². The second kappa shape index (κ2) is 6.75. The number of hydrogen-bond acceptors (Lipinski definition) is 3. The third-order valence-electron chi connectivity index (χ3n) is 4.79. The van der Waals surface area contributed by atoms with Gasteiger partial charge in [0.1, 0.15) is 18.2 Å². The van der Waals surface area contributed by atoms with Crippen molar-refractivity contribution in [3.8, 4) is 5.75 Å². The smallest absolute Gasteiger partial charge is 0.123 e. The summed E-state index contributed by atoms with van der Waals surface area (Å²) in [4.78, 5) is 2.53. The number of ether oxygens (including phenoxy) is 1. The summed E-state index contributed by atoms with van der Waals surface area (Å²) in [5, 5.41) is 3.56. The van der Waals surface area contributed by atoms with Gasteiger partial charge >= 0.3 is 0 Å². The fourth-order valence-electron chi connectivity index (χ4n) is 3.70. The van der Waals surface area contributed by atoms with Crippen molar-refractivity contribution in [3.05, 3.63) is 30.1 Å². The molecule has 0 saturated carbocycles. The largest absolute Gasteiger partial charge is 0.492 e. The van der Waals surface area contributed by atoms with Gasteiger partial charge in [-0.1, -0.05) is 0 Å². The van der Waals surface area contributed by atoms with E-state index in [1.54, 1.807) is 12.1 Å². The van der Waals surface area contributed by atoms with E-state index in [2.05, 4.69) is 10.2 Å². The number of nitrogens with zero attached hydrogens (tertiary/aromatic N) is 1. The Bertz CT molecular complexity index is 437. The number of piperidine rings is 2. The summed E-state index contributed by atoms with van der Waals surface area (Å²) in [6.45, 7) is 6.34. The highest BCUT2D eigenvalue weighted by Gasteiger charge is 2.36. The van der Waals surface area contributed by atoms with E-state index in [9.17, 15) is 4.39 Å². The van der Waals surface area contributed by atoms with Gasteiger partial charge < -0.3 is 10.1 Å². The molecule has 4 heteroatoms. The summed E-state index contributed by atoms with van der Waals surface area (Å²) in [6, 6.07) is 6.27. The zero-order valence-corrected chi connectivity index (χ0v) is 12.6. The lowest BCUT2D eigenvalue weighted by Gasteiger charge is -2.45. The molecule has 0 amide bonds. The minimum Gasteiger partial charge on any atom is -0.492 e. The Hall–Kier alpha value is -1.13. The van der Waals surface area contributed by atoms with E-state index < -0.39 is 0 Å². The van der Waals surface area contributed by atoms with Crippen LogP contribution in [0, 0.1) is 11.2 Å². The van der Waals surface area contributed by atoms with E-state index in [0.29, 0.717) is 12.0 Å². The van der Waals surface area contributed by atoms with Crippen LogP contribution < -0.4 is 10.1 Å². The lowest BCUT2D eigenvalue weighted by atomic mass is 9.74. The number of hydrogen-bond donors (Lipinski definition) is 1. The van der Waals surface area contributed by atoms with Crippen molar-refractivity contribution >= 4 is 0 Å². The molecule has 0 radical (unpaired) electrons. The SMILES string of the molecule is Fc1ccc(OCCN2CCCC3(CCCNC3)C2)cc1. The van der Waals surface area contributed by atoms with E-state index in [-0.39, 0.29) is 5.82 Å². The number of rotatable bonds is 4. The van der Waals surface area contributed by atoms with Crippen molar-refractivity contribution < 1.29 is 9.13 Å². The summed E-state index contributed by atoms with van der Waals surface area (Å²) in [5.41, 5.74) is 0.492. The molecule has 21 heavy (non-hydrogen) atoms. The van der Waals surface area contributed by atoms with Crippen LogP contribution in [0.15, 0.2) is 24.3 Å². The fraction of sp³-hybridized carbons (Fsp3) is 0.647. The molecule has 0 aliphatic carbocycles. The quantitative estimate of drug-likeness (QED) is 0.923. The molecule has 0 bridgehead atoms. The molecule has 0 aromatic heterocycles. The molecular weight excluding hydrogens is 267 g/mol. The van der Waals surface area contributed by atoms with Crippen molar-refractivity contribution in [2.75, 3.05) is 39.3 Å². The first kappa shape index (κ1) is 14.8. The van der Waals surface area contributed by atoms with Crippen molar-refractivity contribution in [1.29, 1.82) is 0 Å². The Balaban J connectivity index is 1.45. The topological polar surface area (TPSA) is 24.5 Å². The molecule has 1 spiro atoms. The minimum absolute atomic E-state index is 0.217. The van der Waals surface area contributed by atoms with Gasteiger partial charge in [-0.25, -0.2) is 4.39 Å². The Labute approximate surface area is 126 Å². The lowest BCUT2D eigenvalue weighted by Crippen LogP contribution is -2.51. The molecular formula is C17H25FN2O. The second-order valence-corrected chi connectivity index (χ2v) is 6.46. The van der Waals surface area contributed by atoms with Crippen LogP contribution in [-0.4, -0.2) is 44.2 Å². The van der Waals surface area contributed by atoms with Gasteiger partial charge in [0.25, 0.3) is 0 Å². The first-order chi connectivity index (χ1) is 10.3. The van der Waals surface area contributed by atoms with Crippen molar-refractivity contribution in [3.63, 3.8) is 0 Å². The van der Waals surface area contributed by atoms with E-state index in [1.165, 1.54) is 64.0 Å². The molecule has 2 aliphatic heterocycles. The molecule has 116 valence electrons. The van der Waals surface area contributed by atoms with Gasteiger partial charge in [0.2, 0.25) is 0 Å². The van der Waals surface area contributed by atoms with Crippen molar-refractivity contribution in [2.45, 2.75) is 25.7 Å². The van der Waals surface area contributed by atoms with Crippen LogP contribution in [-0.2, 0) is 0 Å². The van der Waals surface area contributed by atoms with Gasteiger partial charge in [-0.3, -0.25) is 4.90 Å². The summed E-state index contributed by atoms with van der Waals surface area (Å²) in [5.74, 6) is 0.535. The number of likely N-dealkylation sites (tertiary alicyclic amines) is 1. The molecule has 3 nitrogen and oxygen atoms in total. The molecule has 1 unspecified atom stereocenters. The van der Waals surface area contributed by atoms with E-state index in [4.69, 9.17) is 4.74 Å². The molecule has 1 N–H and O–H groups in total. The Morgan fingerprint density at radius 1 is 1.19 bits per heavy atom. The molecule has 3 rings (SSSR count). The zero-order valence-electron chi connectivity index (χ0n) is 12.6. The van der Waals surface area contributed by atoms with Gasteiger partial charge in [0.05, 0.1) is 0 Å². The molecule has 2 fully saturated rings. The second-order valence-electron chi connectivity index (χ2n) is 6.46. The third-order valence-corrected chi connectivity index (χ3v) is 4.79. The first-order valence-corrected chi connectivity index (χ1v) is 8.07. The molecule has 2 saturated heterocycles. The first-order valence-electron chi connectivity index (χ1n) is 8.07. The van der Waals surface area contributed by atoms with E-state index in [0.717, 1.165) is 12.3 Å². The maximum Gasteiger partial charge on any atom is 0.123 e. The van der Waals surface area contributed by atoms with Crippen molar-refractivity contribution in [2.24, 2.45) is 5.41 Å². The highest BCUT2D eigenvalue weighted by molar-refractivity contribution is 5.21. The van der Waals surface area contributed by atoms with Crippen LogP contribution in [0.5, 0.6) is 5.75 Å². The monoisotopic (exact) mass is 292 g/mol. The number of halogens is 1. The Morgan fingerprint density at radius 2 is 2.00 bits per heavy atom. The van der Waals surface area contributed by atoms with Crippen LogP contribution in [0.3, 0.4) is 0 Å². The predicted octanol–water partition coefficient (Wildman–Crippen LogP) is 2.67. The van der Waals surface area contributed by atoms with Gasteiger partial charge in [-0.2, -0.15) is 0 Å². The normalized spacial score (nSPS) is 26.9. The highest BCUT2D eigenvalue weighted by Crippen LogP contribution is 2.35. The molecule has 2 aliphatic rings. The zero-order chi connectivity index (χ0) is 14.5. The summed E-state index contributed by atoms with van der Waals surface area (Å²) >= 11 is 0. The molecule has 1 aromatic carbocycles. The average Bonchev–Trinajstić information content (AvgIpc) is 2.50. The summed E-state index contributed by atoms with van der Waals surface area (Å²) in [7, 11) is 0. The summed E-state index contributed by atoms with van der Waals surface area (Å²) in [6.07, 6.45) is 5.31.